The van der Waals surface area contributed by atoms with Crippen molar-refractivity contribution in [2.24, 2.45) is 0 Å². The van der Waals surface area contributed by atoms with E-state index < -0.39 is 5.82 Å². The Hall–Kier alpha value is -3.11. The number of nitrogens with one attached hydrogen (secondary N) is 2. The number of rotatable bonds is 5. The van der Waals surface area contributed by atoms with E-state index in [-0.39, 0.29) is 10.9 Å². The molecule has 5 rings (SSSR count). The second-order valence-electron chi connectivity index (χ2n) is 9.10. The number of aromatic nitrogens is 4. The second-order valence-corrected chi connectivity index (χ2v) is 9.50. The van der Waals surface area contributed by atoms with Crippen molar-refractivity contribution in [3.05, 3.63) is 41.6 Å². The van der Waals surface area contributed by atoms with Gasteiger partial charge in [-0.05, 0) is 43.9 Å². The van der Waals surface area contributed by atoms with Crippen LogP contribution in [0.25, 0.3) is 11.0 Å². The Bertz CT molecular complexity index is 1210. The van der Waals surface area contributed by atoms with Gasteiger partial charge in [0, 0.05) is 50.9 Å². The molecule has 9 nitrogen and oxygen atoms in total. The quantitative estimate of drug-likeness (QED) is 0.547. The number of anilines is 3. The van der Waals surface area contributed by atoms with Gasteiger partial charge >= 0.3 is 0 Å². The number of fused-ring (bicyclic) bond motifs is 1. The Morgan fingerprint density at radius 3 is 2.57 bits per heavy atom. The predicted octanol–water partition coefficient (Wildman–Crippen LogP) is 3.84. The molecule has 11 heteroatoms. The third kappa shape index (κ3) is 5.43. The van der Waals surface area contributed by atoms with Gasteiger partial charge in [0.05, 0.1) is 11.2 Å². The lowest BCUT2D eigenvalue weighted by molar-refractivity contribution is -0.131. The summed E-state index contributed by atoms with van der Waals surface area (Å²) in [5, 5.41) is 6.66. The molecule has 0 atom stereocenters. The molecule has 1 aromatic carbocycles. The van der Waals surface area contributed by atoms with Gasteiger partial charge in [-0.1, -0.05) is 11.6 Å². The van der Waals surface area contributed by atoms with E-state index in [1.165, 1.54) is 18.5 Å². The van der Waals surface area contributed by atoms with Crippen LogP contribution in [0.3, 0.4) is 0 Å². The van der Waals surface area contributed by atoms with Gasteiger partial charge < -0.3 is 15.5 Å². The topological polar surface area (TPSA) is 99.2 Å². The first kappa shape index (κ1) is 23.6. The summed E-state index contributed by atoms with van der Waals surface area (Å²) in [6.45, 7) is 5.18. The molecule has 3 heterocycles. The molecular formula is C24H28ClFN8O. The average Bonchev–Trinajstić information content (AvgIpc) is 2.87. The van der Waals surface area contributed by atoms with E-state index in [1.807, 2.05) is 4.90 Å². The van der Waals surface area contributed by atoms with Crippen molar-refractivity contribution in [2.75, 3.05) is 36.8 Å². The van der Waals surface area contributed by atoms with Gasteiger partial charge in [0.2, 0.25) is 11.9 Å². The maximum atomic E-state index is 13.5. The third-order valence-corrected chi connectivity index (χ3v) is 7.16. The fourth-order valence-corrected chi connectivity index (χ4v) is 5.08. The van der Waals surface area contributed by atoms with Crippen LogP contribution < -0.4 is 10.6 Å². The van der Waals surface area contributed by atoms with Crippen LogP contribution in [0.2, 0.25) is 5.02 Å². The maximum absolute atomic E-state index is 13.5. The van der Waals surface area contributed by atoms with Crippen LogP contribution in [0.4, 0.5) is 21.8 Å². The Kier molecular flexibility index (Phi) is 6.92. The number of halogens is 2. The van der Waals surface area contributed by atoms with Gasteiger partial charge in [0.25, 0.3) is 0 Å². The summed E-state index contributed by atoms with van der Waals surface area (Å²) in [5.41, 5.74) is 1.78. The number of nitrogens with zero attached hydrogens (tertiary/aromatic N) is 6. The van der Waals surface area contributed by atoms with Crippen LogP contribution >= 0.6 is 11.6 Å². The molecule has 1 amide bonds. The summed E-state index contributed by atoms with van der Waals surface area (Å²) < 4.78 is 13.5. The molecule has 35 heavy (non-hydrogen) atoms. The van der Waals surface area contributed by atoms with Crippen LogP contribution in [-0.2, 0) is 4.79 Å². The maximum Gasteiger partial charge on any atom is 0.223 e. The van der Waals surface area contributed by atoms with Gasteiger partial charge in [0.15, 0.2) is 5.82 Å². The molecule has 2 N–H and O–H groups in total. The minimum atomic E-state index is -0.480. The van der Waals surface area contributed by atoms with Crippen molar-refractivity contribution in [3.8, 4) is 0 Å². The number of piperazine rings is 1. The Morgan fingerprint density at radius 1 is 1.09 bits per heavy atom. The zero-order valence-corrected chi connectivity index (χ0v) is 20.3. The largest absolute Gasteiger partial charge is 0.351 e. The first-order valence-electron chi connectivity index (χ1n) is 11.9. The summed E-state index contributed by atoms with van der Waals surface area (Å²) in [6, 6.07) is 5.25. The highest BCUT2D eigenvalue weighted by Gasteiger charge is 2.29. The molecular weight excluding hydrogens is 471 g/mol. The van der Waals surface area contributed by atoms with Crippen molar-refractivity contribution in [3.63, 3.8) is 0 Å². The Balaban J connectivity index is 1.22. The molecule has 1 aliphatic carbocycles. The molecule has 3 aromatic rings. The lowest BCUT2D eigenvalue weighted by Crippen LogP contribution is -2.52. The number of hydrogen-bond donors (Lipinski definition) is 2. The normalized spacial score (nSPS) is 21.2. The molecule has 2 aliphatic rings. The first-order valence-corrected chi connectivity index (χ1v) is 12.3. The molecule has 1 saturated carbocycles. The predicted molar refractivity (Wildman–Crippen MR) is 133 cm³/mol. The molecule has 184 valence electrons. The highest BCUT2D eigenvalue weighted by Crippen LogP contribution is 2.28. The molecule has 1 aliphatic heterocycles. The molecule has 0 unspecified atom stereocenters. The summed E-state index contributed by atoms with van der Waals surface area (Å²) in [7, 11) is 0. The highest BCUT2D eigenvalue weighted by molar-refractivity contribution is 6.31. The van der Waals surface area contributed by atoms with Crippen molar-refractivity contribution in [1.82, 2.24) is 29.7 Å². The Labute approximate surface area is 208 Å². The first-order chi connectivity index (χ1) is 17.0. The molecule has 0 spiro atoms. The van der Waals surface area contributed by atoms with Gasteiger partial charge in [-0.2, -0.15) is 0 Å². The number of carbonyl (C=O) groups excluding carboxylic acids is 1. The summed E-state index contributed by atoms with van der Waals surface area (Å²) >= 11 is 5.91. The van der Waals surface area contributed by atoms with Gasteiger partial charge in [-0.25, -0.2) is 24.3 Å². The van der Waals surface area contributed by atoms with Crippen LogP contribution in [0.5, 0.6) is 0 Å². The summed E-state index contributed by atoms with van der Waals surface area (Å²) in [5.74, 6) is 0.715. The molecule has 2 fully saturated rings. The van der Waals surface area contributed by atoms with E-state index in [1.54, 1.807) is 19.2 Å². The molecule has 2 aromatic heterocycles. The number of carbonyl (C=O) groups is 1. The molecule has 0 radical (unpaired) electrons. The van der Waals surface area contributed by atoms with Gasteiger partial charge in [-0.3, -0.25) is 9.69 Å². The number of benzene rings is 1. The minimum Gasteiger partial charge on any atom is -0.351 e. The van der Waals surface area contributed by atoms with Crippen LogP contribution in [0, 0.1) is 5.82 Å². The van der Waals surface area contributed by atoms with Crippen LogP contribution in [0.1, 0.15) is 32.6 Å². The average molecular weight is 499 g/mol. The van der Waals surface area contributed by atoms with Crippen molar-refractivity contribution in [1.29, 1.82) is 0 Å². The zero-order valence-electron chi connectivity index (χ0n) is 19.5. The minimum absolute atomic E-state index is 0.0293. The Morgan fingerprint density at radius 2 is 1.86 bits per heavy atom. The van der Waals surface area contributed by atoms with Crippen molar-refractivity contribution >= 4 is 46.0 Å². The lowest BCUT2D eigenvalue weighted by atomic mass is 9.90. The van der Waals surface area contributed by atoms with Crippen LogP contribution in [-0.4, -0.2) is 73.9 Å². The fraction of sp³-hybridized carbons (Fsp3) is 0.458. The monoisotopic (exact) mass is 498 g/mol. The van der Waals surface area contributed by atoms with E-state index in [0.717, 1.165) is 51.9 Å². The lowest BCUT2D eigenvalue weighted by Gasteiger charge is -2.41. The van der Waals surface area contributed by atoms with E-state index >= 15 is 0 Å². The summed E-state index contributed by atoms with van der Waals surface area (Å²) in [6.07, 6.45) is 7.38. The standard InChI is InChI=1S/C24H28ClFN8O/c1-15(35)33-8-10-34(11-9-33)18-5-2-16(3-6-18)31-24-27-13-21-22(32-24)23(29-14-28-21)30-17-4-7-20(26)19(25)12-17/h4,7,12-14,16,18H,2-3,5-6,8-11H2,1H3,(H,27,31,32)(H,28,29,30). The molecule has 1 saturated heterocycles. The zero-order chi connectivity index (χ0) is 24.4. The number of amides is 1. The fourth-order valence-electron chi connectivity index (χ4n) is 4.90. The number of hydrogen-bond acceptors (Lipinski definition) is 8. The van der Waals surface area contributed by atoms with Crippen LogP contribution in [0.15, 0.2) is 30.7 Å². The van der Waals surface area contributed by atoms with Crippen molar-refractivity contribution < 1.29 is 9.18 Å². The van der Waals surface area contributed by atoms with Crippen molar-refractivity contribution in [2.45, 2.75) is 44.7 Å². The van der Waals surface area contributed by atoms with E-state index in [2.05, 4.69) is 35.5 Å². The van der Waals surface area contributed by atoms with Gasteiger partial charge in [-0.15, -0.1) is 0 Å². The third-order valence-electron chi connectivity index (χ3n) is 6.87. The summed E-state index contributed by atoms with van der Waals surface area (Å²) in [4.78, 5) is 33.7. The van der Waals surface area contributed by atoms with E-state index in [0.29, 0.717) is 40.6 Å². The van der Waals surface area contributed by atoms with E-state index in [4.69, 9.17) is 11.6 Å². The smallest absolute Gasteiger partial charge is 0.223 e. The second kappa shape index (κ2) is 10.2. The SMILES string of the molecule is CC(=O)N1CCN(C2CCC(Nc3ncc4ncnc(Nc5ccc(F)c(Cl)c5)c4n3)CC2)CC1. The van der Waals surface area contributed by atoms with E-state index in [9.17, 15) is 9.18 Å². The highest BCUT2D eigenvalue weighted by atomic mass is 35.5. The molecule has 0 bridgehead atoms. The van der Waals surface area contributed by atoms with Gasteiger partial charge in [0.1, 0.15) is 23.2 Å².